The van der Waals surface area contributed by atoms with Gasteiger partial charge in [0.15, 0.2) is 0 Å². The number of rotatable bonds is 7. The molecule has 1 N–H and O–H groups in total. The topological polar surface area (TPSA) is 80.4 Å². The van der Waals surface area contributed by atoms with Gasteiger partial charge in [0.2, 0.25) is 0 Å². The predicted molar refractivity (Wildman–Crippen MR) is 138 cm³/mol. The zero-order valence-electron chi connectivity index (χ0n) is 21.5. The minimum atomic E-state index is -0.471. The highest BCUT2D eigenvalue weighted by atomic mass is 16.6. The molecular formula is C29H36N2O5. The number of esters is 1. The number of nitrogens with one attached hydrogen (secondary N) is 1. The molecule has 3 fully saturated rings. The Hall–Kier alpha value is -2.90. The molecule has 36 heavy (non-hydrogen) atoms. The number of hydrogen-bond acceptors (Lipinski definition) is 6. The van der Waals surface area contributed by atoms with E-state index in [1.54, 1.807) is 0 Å². The number of epoxide rings is 1. The monoisotopic (exact) mass is 492 g/mol. The van der Waals surface area contributed by atoms with Gasteiger partial charge in [-0.2, -0.15) is 0 Å². The van der Waals surface area contributed by atoms with Crippen molar-refractivity contribution in [1.29, 1.82) is 0 Å². The van der Waals surface area contributed by atoms with Crippen LogP contribution in [0.5, 0.6) is 0 Å². The average molecular weight is 493 g/mol. The summed E-state index contributed by atoms with van der Waals surface area (Å²) in [6, 6.07) is 16.7. The molecular weight excluding hydrogens is 456 g/mol. The molecule has 0 radical (unpaired) electrons. The molecule has 2 bridgehead atoms. The van der Waals surface area contributed by atoms with E-state index >= 15 is 0 Å². The molecule has 0 saturated carbocycles. The van der Waals surface area contributed by atoms with Crippen LogP contribution < -0.4 is 5.32 Å². The van der Waals surface area contributed by atoms with E-state index in [4.69, 9.17) is 14.2 Å². The van der Waals surface area contributed by atoms with Gasteiger partial charge in [0.1, 0.15) is 23.9 Å². The summed E-state index contributed by atoms with van der Waals surface area (Å²) < 4.78 is 17.0. The summed E-state index contributed by atoms with van der Waals surface area (Å²) >= 11 is 0. The average Bonchev–Trinajstić information content (AvgIpc) is 3.58. The first-order chi connectivity index (χ1) is 17.2. The molecule has 1 amide bonds. The Kier molecular flexibility index (Phi) is 6.79. The molecule has 7 nitrogen and oxygen atoms in total. The van der Waals surface area contributed by atoms with Gasteiger partial charge in [0.05, 0.1) is 5.69 Å². The van der Waals surface area contributed by atoms with Crippen LogP contribution in [0.4, 0.5) is 10.5 Å². The van der Waals surface area contributed by atoms with Crippen LogP contribution in [-0.2, 0) is 25.4 Å². The number of morpholine rings is 1. The van der Waals surface area contributed by atoms with Crippen molar-refractivity contribution in [3.8, 4) is 11.1 Å². The van der Waals surface area contributed by atoms with Gasteiger partial charge in [0.25, 0.3) is 0 Å². The molecule has 0 aliphatic carbocycles. The van der Waals surface area contributed by atoms with Gasteiger partial charge in [-0.3, -0.25) is 15.0 Å². The number of likely N-dealkylation sites (N-methyl/N-ethyl adjacent to an activating group) is 1. The number of hydrogen-bond donors (Lipinski definition) is 1. The number of amides is 1. The molecule has 3 heterocycles. The van der Waals surface area contributed by atoms with E-state index in [9.17, 15) is 9.59 Å². The van der Waals surface area contributed by atoms with Crippen molar-refractivity contribution in [3.05, 3.63) is 54.1 Å². The van der Waals surface area contributed by atoms with Crippen molar-refractivity contribution >= 4 is 17.7 Å². The number of ether oxygens (including phenoxy) is 3. The lowest BCUT2D eigenvalue weighted by Crippen LogP contribution is -2.48. The third kappa shape index (κ3) is 5.57. The van der Waals surface area contributed by atoms with Gasteiger partial charge in [-0.15, -0.1) is 0 Å². The summed E-state index contributed by atoms with van der Waals surface area (Å²) in [4.78, 5) is 27.3. The highest BCUT2D eigenvalue weighted by Crippen LogP contribution is 2.48. The number of aryl methyl sites for hydroxylation is 1. The number of benzene rings is 2. The largest absolute Gasteiger partial charge is 0.460 e. The molecule has 2 aromatic rings. The second-order valence-electron chi connectivity index (χ2n) is 11.2. The molecule has 0 unspecified atom stereocenters. The smallest absolute Gasteiger partial charge is 0.411 e. The normalized spacial score (nSPS) is 26.7. The highest BCUT2D eigenvalue weighted by Gasteiger charge is 2.62. The third-order valence-electron chi connectivity index (χ3n) is 7.32. The van der Waals surface area contributed by atoms with E-state index in [1.165, 1.54) is 0 Å². The highest BCUT2D eigenvalue weighted by molar-refractivity contribution is 5.91. The maximum absolute atomic E-state index is 12.9. The van der Waals surface area contributed by atoms with Gasteiger partial charge >= 0.3 is 12.1 Å². The maximum Gasteiger partial charge on any atom is 0.411 e. The van der Waals surface area contributed by atoms with E-state index < -0.39 is 11.7 Å². The Morgan fingerprint density at radius 1 is 1.06 bits per heavy atom. The SMILES string of the molecule is CN1[C@@H]2C[C@@H](OC(=O)Nc3ccc(CCCC(=O)OC(C)(C)C)cc3-c3ccccc3)C[C@H]1[C@@H]1O[C@@H]12. The van der Waals surface area contributed by atoms with Crippen molar-refractivity contribution in [3.63, 3.8) is 0 Å². The Morgan fingerprint density at radius 2 is 1.75 bits per heavy atom. The molecule has 0 spiro atoms. The predicted octanol–water partition coefficient (Wildman–Crippen LogP) is 5.18. The second kappa shape index (κ2) is 9.87. The molecule has 2 aromatic carbocycles. The molecule has 3 saturated heterocycles. The van der Waals surface area contributed by atoms with Gasteiger partial charge in [-0.25, -0.2) is 4.79 Å². The number of carbonyl (C=O) groups excluding carboxylic acids is 2. The van der Waals surface area contributed by atoms with Crippen LogP contribution in [0.1, 0.15) is 52.0 Å². The van der Waals surface area contributed by atoms with Gasteiger partial charge in [-0.1, -0.05) is 36.4 Å². The van der Waals surface area contributed by atoms with E-state index in [0.29, 0.717) is 42.8 Å². The van der Waals surface area contributed by atoms with Crippen LogP contribution in [0.2, 0.25) is 0 Å². The molecule has 5 rings (SSSR count). The van der Waals surface area contributed by atoms with E-state index in [0.717, 1.165) is 36.0 Å². The molecule has 3 aliphatic rings. The van der Waals surface area contributed by atoms with Crippen LogP contribution in [-0.4, -0.2) is 60.0 Å². The van der Waals surface area contributed by atoms with Crippen molar-refractivity contribution in [2.75, 3.05) is 12.4 Å². The molecule has 7 heteroatoms. The van der Waals surface area contributed by atoms with Crippen molar-refractivity contribution < 1.29 is 23.8 Å². The van der Waals surface area contributed by atoms with E-state index in [1.807, 2.05) is 63.2 Å². The minimum absolute atomic E-state index is 0.0973. The van der Waals surface area contributed by atoms with E-state index in [-0.39, 0.29) is 12.1 Å². The Morgan fingerprint density at radius 3 is 2.42 bits per heavy atom. The summed E-state index contributed by atoms with van der Waals surface area (Å²) in [5.41, 5.74) is 3.28. The van der Waals surface area contributed by atoms with Crippen molar-refractivity contribution in [2.45, 2.75) is 88.9 Å². The summed E-state index contributed by atoms with van der Waals surface area (Å²) in [7, 11) is 2.14. The van der Waals surface area contributed by atoms with Gasteiger partial charge < -0.3 is 14.2 Å². The van der Waals surface area contributed by atoms with Crippen LogP contribution in [0, 0.1) is 0 Å². The Balaban J connectivity index is 1.23. The van der Waals surface area contributed by atoms with Crippen LogP contribution in [0.25, 0.3) is 11.1 Å². The second-order valence-corrected chi connectivity index (χ2v) is 11.2. The first-order valence-electron chi connectivity index (χ1n) is 12.9. The van der Waals surface area contributed by atoms with Crippen molar-refractivity contribution in [1.82, 2.24) is 4.90 Å². The summed E-state index contributed by atoms with van der Waals surface area (Å²) in [5.74, 6) is -0.182. The fourth-order valence-electron chi connectivity index (χ4n) is 5.63. The van der Waals surface area contributed by atoms with Crippen molar-refractivity contribution in [2.24, 2.45) is 0 Å². The third-order valence-corrected chi connectivity index (χ3v) is 7.32. The van der Waals surface area contributed by atoms with Crippen LogP contribution in [0.3, 0.4) is 0 Å². The quantitative estimate of drug-likeness (QED) is 0.424. The first kappa shape index (κ1) is 24.8. The standard InChI is InChI=1S/C29H36N2O5/c1-29(2,3)36-25(32)12-8-9-18-13-14-22(21(15-18)19-10-6-5-7-11-19)30-28(33)34-20-16-23-26-27(35-26)24(17-20)31(23)4/h5-7,10-11,13-15,20,23-24,26-27H,8-9,12,16-17H2,1-4H3,(H,30,33)/t20-,23-,24+,26-,27+. The molecule has 0 aromatic heterocycles. The molecule has 3 aliphatic heterocycles. The maximum atomic E-state index is 12.9. The Bertz CT molecular complexity index is 1090. The Labute approximate surface area is 213 Å². The first-order valence-corrected chi connectivity index (χ1v) is 12.9. The van der Waals surface area contributed by atoms with Gasteiger partial charge in [-0.05, 0) is 63.9 Å². The lowest BCUT2D eigenvalue weighted by Gasteiger charge is -2.37. The zero-order valence-corrected chi connectivity index (χ0v) is 21.5. The fourth-order valence-corrected chi connectivity index (χ4v) is 5.63. The van der Waals surface area contributed by atoms with Gasteiger partial charge in [0, 0.05) is 36.9 Å². The molecule has 5 atom stereocenters. The number of fused-ring (bicyclic) bond motifs is 5. The summed E-state index contributed by atoms with van der Waals surface area (Å²) in [5, 5.41) is 2.99. The summed E-state index contributed by atoms with van der Waals surface area (Å²) in [6.45, 7) is 5.63. The molecule has 192 valence electrons. The lowest BCUT2D eigenvalue weighted by atomic mass is 9.98. The number of carbonyl (C=O) groups is 2. The van der Waals surface area contributed by atoms with Crippen LogP contribution >= 0.6 is 0 Å². The van der Waals surface area contributed by atoms with Crippen LogP contribution in [0.15, 0.2) is 48.5 Å². The number of anilines is 1. The zero-order chi connectivity index (χ0) is 25.4. The number of nitrogens with zero attached hydrogens (tertiary/aromatic N) is 1. The fraction of sp³-hybridized carbons (Fsp3) is 0.517. The number of piperidine rings is 1. The summed E-state index contributed by atoms with van der Waals surface area (Å²) in [6.07, 6.45) is 3.53. The lowest BCUT2D eigenvalue weighted by molar-refractivity contribution is -0.154. The van der Waals surface area contributed by atoms with E-state index in [2.05, 4.69) is 23.3 Å². The minimum Gasteiger partial charge on any atom is -0.460 e.